The van der Waals surface area contributed by atoms with E-state index < -0.39 is 0 Å². The van der Waals surface area contributed by atoms with E-state index in [-0.39, 0.29) is 36.2 Å². The zero-order chi connectivity index (χ0) is 11.7. The molecule has 5 heteroatoms. The van der Waals surface area contributed by atoms with Crippen molar-refractivity contribution in [1.29, 1.82) is 0 Å². The van der Waals surface area contributed by atoms with Gasteiger partial charge in [0.05, 0.1) is 6.54 Å². The van der Waals surface area contributed by atoms with E-state index in [1.165, 1.54) is 4.90 Å². The van der Waals surface area contributed by atoms with Gasteiger partial charge in [-0.25, -0.2) is 4.79 Å². The summed E-state index contributed by atoms with van der Waals surface area (Å²) in [6, 6.07) is -0.290. The minimum absolute atomic E-state index is 0.00870. The average Bonchev–Trinajstić information content (AvgIpc) is 2.59. The second kappa shape index (κ2) is 4.23. The Morgan fingerprint density at radius 1 is 1.25 bits per heavy atom. The molecule has 0 aromatic carbocycles. The number of nitrogens with zero attached hydrogens (tertiary/aromatic N) is 1. The van der Waals surface area contributed by atoms with Crippen LogP contribution in [0.1, 0.15) is 32.6 Å². The van der Waals surface area contributed by atoms with E-state index in [0.717, 1.165) is 25.7 Å². The van der Waals surface area contributed by atoms with Crippen molar-refractivity contribution >= 4 is 17.7 Å². The van der Waals surface area contributed by atoms with Gasteiger partial charge < -0.3 is 5.32 Å². The Morgan fingerprint density at radius 2 is 1.88 bits per heavy atom. The van der Waals surface area contributed by atoms with Gasteiger partial charge in [0.2, 0.25) is 5.91 Å². The minimum Gasteiger partial charge on any atom is -0.329 e. The zero-order valence-corrected chi connectivity index (χ0v) is 9.36. The lowest BCUT2D eigenvalue weighted by atomic mass is 9.83. The maximum atomic E-state index is 11.5. The third kappa shape index (κ3) is 1.94. The first-order chi connectivity index (χ1) is 7.59. The quantitative estimate of drug-likeness (QED) is 0.702. The summed E-state index contributed by atoms with van der Waals surface area (Å²) < 4.78 is 0. The monoisotopic (exact) mass is 224 g/mol. The lowest BCUT2D eigenvalue weighted by molar-refractivity contribution is -0.127. The molecular weight excluding hydrogens is 208 g/mol. The molecule has 0 aromatic rings. The molecule has 1 aliphatic heterocycles. The van der Waals surface area contributed by atoms with E-state index in [9.17, 15) is 14.4 Å². The highest BCUT2D eigenvalue weighted by Crippen LogP contribution is 2.29. The highest BCUT2D eigenvalue weighted by atomic mass is 16.2. The number of ketones is 1. The highest BCUT2D eigenvalue weighted by molar-refractivity contribution is 6.02. The smallest absolute Gasteiger partial charge is 0.324 e. The normalized spacial score (nSPS) is 30.4. The fourth-order valence-electron chi connectivity index (χ4n) is 2.54. The number of Topliss-reactive ketones (excluding diaryl/α,β-unsaturated/α-hetero) is 1. The SMILES string of the molecule is CC(=O)C1CCC(N2C(=O)CNC2=O)CC1. The van der Waals surface area contributed by atoms with Crippen LogP contribution < -0.4 is 5.32 Å². The lowest BCUT2D eigenvalue weighted by Crippen LogP contribution is -2.43. The van der Waals surface area contributed by atoms with Gasteiger partial charge in [-0.1, -0.05) is 0 Å². The maximum absolute atomic E-state index is 11.5. The molecule has 0 aromatic heterocycles. The second-order valence-electron chi connectivity index (χ2n) is 4.54. The van der Waals surface area contributed by atoms with Crippen LogP contribution in [0.3, 0.4) is 0 Å². The molecule has 0 radical (unpaired) electrons. The molecule has 1 aliphatic carbocycles. The molecule has 1 heterocycles. The molecule has 2 rings (SSSR count). The van der Waals surface area contributed by atoms with E-state index in [1.54, 1.807) is 6.92 Å². The third-order valence-electron chi connectivity index (χ3n) is 3.52. The van der Waals surface area contributed by atoms with E-state index in [0.29, 0.717) is 0 Å². The summed E-state index contributed by atoms with van der Waals surface area (Å²) in [5.41, 5.74) is 0. The summed E-state index contributed by atoms with van der Waals surface area (Å²) in [6.45, 7) is 1.73. The van der Waals surface area contributed by atoms with E-state index in [2.05, 4.69) is 5.32 Å². The molecule has 5 nitrogen and oxygen atoms in total. The molecule has 88 valence electrons. The number of hydrogen-bond donors (Lipinski definition) is 1. The summed E-state index contributed by atoms with van der Waals surface area (Å²) in [6.07, 6.45) is 3.08. The summed E-state index contributed by atoms with van der Waals surface area (Å²) in [4.78, 5) is 35.4. The molecule has 1 N–H and O–H groups in total. The lowest BCUT2D eigenvalue weighted by Gasteiger charge is -2.31. The van der Waals surface area contributed by atoms with Crippen LogP contribution in [0.2, 0.25) is 0 Å². The van der Waals surface area contributed by atoms with Gasteiger partial charge in [-0.2, -0.15) is 0 Å². The fourth-order valence-corrected chi connectivity index (χ4v) is 2.54. The van der Waals surface area contributed by atoms with Crippen molar-refractivity contribution in [3.8, 4) is 0 Å². The molecule has 1 saturated carbocycles. The summed E-state index contributed by atoms with van der Waals surface area (Å²) in [7, 11) is 0. The molecule has 3 amide bonds. The standard InChI is InChI=1S/C11H16N2O3/c1-7(14)8-2-4-9(5-3-8)13-10(15)6-12-11(13)16/h8-9H,2-6H2,1H3,(H,12,16). The Balaban J connectivity index is 1.96. The third-order valence-corrected chi connectivity index (χ3v) is 3.52. The molecule has 1 saturated heterocycles. The predicted octanol–water partition coefficient (Wildman–Crippen LogP) is 0.686. The first-order valence-electron chi connectivity index (χ1n) is 5.70. The van der Waals surface area contributed by atoms with Crippen LogP contribution in [-0.2, 0) is 9.59 Å². The van der Waals surface area contributed by atoms with Gasteiger partial charge in [0.1, 0.15) is 5.78 Å². The summed E-state index contributed by atoms with van der Waals surface area (Å²) in [5.74, 6) is 0.198. The van der Waals surface area contributed by atoms with Crippen molar-refractivity contribution in [3.63, 3.8) is 0 Å². The number of hydrogen-bond acceptors (Lipinski definition) is 3. The Hall–Kier alpha value is -1.39. The van der Waals surface area contributed by atoms with Crippen molar-refractivity contribution in [2.75, 3.05) is 6.54 Å². The second-order valence-corrected chi connectivity index (χ2v) is 4.54. The van der Waals surface area contributed by atoms with E-state index in [4.69, 9.17) is 0 Å². The first kappa shape index (κ1) is 11.1. The van der Waals surface area contributed by atoms with Crippen LogP contribution in [0.25, 0.3) is 0 Å². The molecule has 2 fully saturated rings. The van der Waals surface area contributed by atoms with Crippen molar-refractivity contribution < 1.29 is 14.4 Å². The molecule has 0 bridgehead atoms. The number of urea groups is 1. The Bertz CT molecular complexity index is 316. The van der Waals surface area contributed by atoms with Crippen molar-refractivity contribution in [3.05, 3.63) is 0 Å². The highest BCUT2D eigenvalue weighted by Gasteiger charge is 2.37. The summed E-state index contributed by atoms with van der Waals surface area (Å²) >= 11 is 0. The fraction of sp³-hybridized carbons (Fsp3) is 0.727. The Kier molecular flexibility index (Phi) is 2.94. The topological polar surface area (TPSA) is 66.5 Å². The molecule has 0 atom stereocenters. The van der Waals surface area contributed by atoms with Crippen LogP contribution in [-0.4, -0.2) is 35.2 Å². The van der Waals surface area contributed by atoms with Gasteiger partial charge in [-0.15, -0.1) is 0 Å². The van der Waals surface area contributed by atoms with Crippen molar-refractivity contribution in [1.82, 2.24) is 10.2 Å². The van der Waals surface area contributed by atoms with Crippen LogP contribution in [0.5, 0.6) is 0 Å². The minimum atomic E-state index is -0.281. The summed E-state index contributed by atoms with van der Waals surface area (Å²) in [5, 5.41) is 2.52. The number of carbonyl (C=O) groups excluding carboxylic acids is 3. The Labute approximate surface area is 94.2 Å². The van der Waals surface area contributed by atoms with Gasteiger partial charge in [-0.3, -0.25) is 14.5 Å². The van der Waals surface area contributed by atoms with Gasteiger partial charge in [0.15, 0.2) is 0 Å². The Morgan fingerprint density at radius 3 is 2.31 bits per heavy atom. The number of amides is 3. The molecular formula is C11H16N2O3. The number of carbonyl (C=O) groups is 3. The van der Waals surface area contributed by atoms with Crippen LogP contribution in [0.15, 0.2) is 0 Å². The largest absolute Gasteiger partial charge is 0.329 e. The predicted molar refractivity (Wildman–Crippen MR) is 56.7 cm³/mol. The van der Waals surface area contributed by atoms with Gasteiger partial charge in [0.25, 0.3) is 0 Å². The first-order valence-corrected chi connectivity index (χ1v) is 5.70. The van der Waals surface area contributed by atoms with Crippen LogP contribution >= 0.6 is 0 Å². The molecule has 0 spiro atoms. The molecule has 0 unspecified atom stereocenters. The number of nitrogens with one attached hydrogen (secondary N) is 1. The molecule has 16 heavy (non-hydrogen) atoms. The van der Waals surface area contributed by atoms with Crippen LogP contribution in [0, 0.1) is 5.92 Å². The maximum Gasteiger partial charge on any atom is 0.324 e. The van der Waals surface area contributed by atoms with E-state index in [1.807, 2.05) is 0 Å². The average molecular weight is 224 g/mol. The van der Waals surface area contributed by atoms with E-state index >= 15 is 0 Å². The number of rotatable bonds is 2. The van der Waals surface area contributed by atoms with Crippen LogP contribution in [0.4, 0.5) is 4.79 Å². The van der Waals surface area contributed by atoms with Crippen molar-refractivity contribution in [2.45, 2.75) is 38.6 Å². The number of imide groups is 1. The molecule has 2 aliphatic rings. The van der Waals surface area contributed by atoms with Gasteiger partial charge in [0, 0.05) is 12.0 Å². The van der Waals surface area contributed by atoms with Gasteiger partial charge in [-0.05, 0) is 32.6 Å². The zero-order valence-electron chi connectivity index (χ0n) is 9.36. The van der Waals surface area contributed by atoms with Crippen molar-refractivity contribution in [2.24, 2.45) is 5.92 Å². The van der Waals surface area contributed by atoms with Gasteiger partial charge >= 0.3 is 6.03 Å².